The van der Waals surface area contributed by atoms with Crippen LogP contribution >= 0.6 is 11.6 Å². The van der Waals surface area contributed by atoms with Gasteiger partial charge in [0.2, 0.25) is 0 Å². The second-order valence-corrected chi connectivity index (χ2v) is 7.02. The number of aromatic hydroxyl groups is 1. The van der Waals surface area contributed by atoms with E-state index in [4.69, 9.17) is 11.6 Å². The van der Waals surface area contributed by atoms with E-state index in [0.717, 1.165) is 23.0 Å². The number of benzene rings is 3. The average Bonchev–Trinajstić information content (AvgIpc) is 3.12. The topological polar surface area (TPSA) is 66.6 Å². The van der Waals surface area contributed by atoms with E-state index in [0.29, 0.717) is 5.56 Å². The number of fused-ring (bicyclic) bond motifs is 1. The summed E-state index contributed by atoms with van der Waals surface area (Å²) in [6.07, 6.45) is 3.66. The number of amides is 1. The Hall–Kier alpha value is -3.57. The molecular weight excluding hydrogens is 386 g/mol. The van der Waals surface area contributed by atoms with Crippen LogP contribution in [0.25, 0.3) is 10.9 Å². The highest BCUT2D eigenvalue weighted by Crippen LogP contribution is 2.23. The molecule has 29 heavy (non-hydrogen) atoms. The maximum absolute atomic E-state index is 12.1. The first-order valence-corrected chi connectivity index (χ1v) is 9.43. The minimum absolute atomic E-state index is 0.0702. The summed E-state index contributed by atoms with van der Waals surface area (Å²) in [5.41, 5.74) is 6.03. The molecule has 1 amide bonds. The number of hydrogen-bond acceptors (Lipinski definition) is 3. The van der Waals surface area contributed by atoms with Crippen LogP contribution in [0.1, 0.15) is 21.5 Å². The molecule has 1 aromatic heterocycles. The summed E-state index contributed by atoms with van der Waals surface area (Å²) in [5, 5.41) is 14.7. The summed E-state index contributed by atoms with van der Waals surface area (Å²) in [6.45, 7) is 0.809. The SMILES string of the molecule is O=C(N/N=C/c1ccc2c(ccn2Cc2ccccc2)c1)c1ccc(O)c(Cl)c1. The van der Waals surface area contributed by atoms with Crippen molar-refractivity contribution in [2.75, 3.05) is 0 Å². The van der Waals surface area contributed by atoms with E-state index < -0.39 is 5.91 Å². The van der Waals surface area contributed by atoms with Gasteiger partial charge in [-0.1, -0.05) is 48.0 Å². The quantitative estimate of drug-likeness (QED) is 0.371. The largest absolute Gasteiger partial charge is 0.506 e. The van der Waals surface area contributed by atoms with E-state index in [9.17, 15) is 9.90 Å². The van der Waals surface area contributed by atoms with Crippen LogP contribution in [-0.4, -0.2) is 21.8 Å². The number of hydrogen-bond donors (Lipinski definition) is 2. The van der Waals surface area contributed by atoms with Gasteiger partial charge in [-0.2, -0.15) is 5.10 Å². The van der Waals surface area contributed by atoms with Gasteiger partial charge in [0.15, 0.2) is 0 Å². The first-order valence-electron chi connectivity index (χ1n) is 9.05. The van der Waals surface area contributed by atoms with Gasteiger partial charge in [-0.15, -0.1) is 0 Å². The number of aromatic nitrogens is 1. The smallest absolute Gasteiger partial charge is 0.271 e. The molecule has 5 nitrogen and oxygen atoms in total. The molecule has 0 fully saturated rings. The number of carbonyl (C=O) groups is 1. The molecule has 3 aromatic carbocycles. The molecule has 0 radical (unpaired) electrons. The Balaban J connectivity index is 1.45. The minimum Gasteiger partial charge on any atom is -0.506 e. The third-order valence-corrected chi connectivity index (χ3v) is 4.88. The number of phenolic OH excluding ortho intramolecular Hbond substituents is 1. The summed E-state index contributed by atoms with van der Waals surface area (Å²) in [5.74, 6) is -0.475. The molecule has 0 spiro atoms. The predicted octanol–water partition coefficient (Wildman–Crippen LogP) is 4.81. The van der Waals surface area contributed by atoms with Crippen molar-refractivity contribution in [1.82, 2.24) is 9.99 Å². The Morgan fingerprint density at radius 2 is 1.90 bits per heavy atom. The zero-order valence-corrected chi connectivity index (χ0v) is 16.2. The number of rotatable bonds is 5. The van der Waals surface area contributed by atoms with E-state index in [-0.39, 0.29) is 10.8 Å². The molecule has 6 heteroatoms. The maximum Gasteiger partial charge on any atom is 0.271 e. The summed E-state index contributed by atoms with van der Waals surface area (Å²) in [4.78, 5) is 12.1. The van der Waals surface area contributed by atoms with Gasteiger partial charge in [-0.3, -0.25) is 4.79 Å². The van der Waals surface area contributed by atoms with Gasteiger partial charge in [0.1, 0.15) is 5.75 Å². The number of nitrogens with zero attached hydrogens (tertiary/aromatic N) is 2. The monoisotopic (exact) mass is 403 g/mol. The van der Waals surface area contributed by atoms with Gasteiger partial charge in [0, 0.05) is 29.2 Å². The van der Waals surface area contributed by atoms with Crippen molar-refractivity contribution in [1.29, 1.82) is 0 Å². The normalized spacial score (nSPS) is 11.2. The van der Waals surface area contributed by atoms with Crippen molar-refractivity contribution in [2.45, 2.75) is 6.54 Å². The highest BCUT2D eigenvalue weighted by molar-refractivity contribution is 6.32. The van der Waals surface area contributed by atoms with Crippen LogP contribution in [0, 0.1) is 0 Å². The van der Waals surface area contributed by atoms with Crippen molar-refractivity contribution >= 4 is 34.6 Å². The van der Waals surface area contributed by atoms with Crippen molar-refractivity contribution < 1.29 is 9.90 Å². The van der Waals surface area contributed by atoms with Gasteiger partial charge in [0.05, 0.1) is 11.2 Å². The Morgan fingerprint density at radius 1 is 1.07 bits per heavy atom. The average molecular weight is 404 g/mol. The number of hydrazone groups is 1. The van der Waals surface area contributed by atoms with Gasteiger partial charge in [0.25, 0.3) is 5.91 Å². The highest BCUT2D eigenvalue weighted by atomic mass is 35.5. The molecule has 0 atom stereocenters. The molecule has 2 N–H and O–H groups in total. The van der Waals surface area contributed by atoms with E-state index in [1.807, 2.05) is 36.4 Å². The van der Waals surface area contributed by atoms with Gasteiger partial charge >= 0.3 is 0 Å². The second kappa shape index (κ2) is 8.20. The van der Waals surface area contributed by atoms with Gasteiger partial charge in [-0.05, 0) is 47.5 Å². The van der Waals surface area contributed by atoms with Crippen LogP contribution < -0.4 is 5.43 Å². The fraction of sp³-hybridized carbons (Fsp3) is 0.0435. The summed E-state index contributed by atoms with van der Waals surface area (Å²) in [7, 11) is 0. The van der Waals surface area contributed by atoms with Crippen molar-refractivity contribution in [3.8, 4) is 5.75 Å². The molecule has 0 aliphatic carbocycles. The lowest BCUT2D eigenvalue weighted by Gasteiger charge is -2.06. The number of halogens is 1. The van der Waals surface area contributed by atoms with E-state index in [1.54, 1.807) is 6.21 Å². The third kappa shape index (κ3) is 4.31. The van der Waals surface area contributed by atoms with Crippen LogP contribution in [0.3, 0.4) is 0 Å². The third-order valence-electron chi connectivity index (χ3n) is 4.58. The van der Waals surface area contributed by atoms with E-state index in [2.05, 4.69) is 39.5 Å². The standard InChI is InChI=1S/C23H18ClN3O2/c24-20-13-19(7-9-22(20)28)23(29)26-25-14-17-6-8-21-18(12-17)10-11-27(21)15-16-4-2-1-3-5-16/h1-14,28H,15H2,(H,26,29)/b25-14+. The summed E-state index contributed by atoms with van der Waals surface area (Å²) < 4.78 is 2.20. The van der Waals surface area contributed by atoms with Crippen LogP contribution in [0.2, 0.25) is 5.02 Å². The lowest BCUT2D eigenvalue weighted by atomic mass is 10.1. The van der Waals surface area contributed by atoms with E-state index in [1.165, 1.54) is 23.8 Å². The fourth-order valence-electron chi connectivity index (χ4n) is 3.10. The maximum atomic E-state index is 12.1. The molecular formula is C23H18ClN3O2. The first-order chi connectivity index (χ1) is 14.1. The van der Waals surface area contributed by atoms with E-state index >= 15 is 0 Å². The van der Waals surface area contributed by atoms with Crippen molar-refractivity contribution in [3.63, 3.8) is 0 Å². The second-order valence-electron chi connectivity index (χ2n) is 6.61. The predicted molar refractivity (Wildman–Crippen MR) is 116 cm³/mol. The molecule has 0 saturated carbocycles. The Morgan fingerprint density at radius 3 is 2.69 bits per heavy atom. The van der Waals surface area contributed by atoms with Crippen LogP contribution in [0.5, 0.6) is 5.75 Å². The first kappa shape index (κ1) is 18.8. The molecule has 4 aromatic rings. The summed E-state index contributed by atoms with van der Waals surface area (Å²) in [6, 6.07) is 22.6. The molecule has 0 bridgehead atoms. The zero-order valence-electron chi connectivity index (χ0n) is 15.4. The summed E-state index contributed by atoms with van der Waals surface area (Å²) >= 11 is 5.83. The van der Waals surface area contributed by atoms with Crippen LogP contribution in [-0.2, 0) is 6.54 Å². The molecule has 1 heterocycles. The van der Waals surface area contributed by atoms with Crippen LogP contribution in [0.15, 0.2) is 84.1 Å². The minimum atomic E-state index is -0.404. The lowest BCUT2D eigenvalue weighted by Crippen LogP contribution is -2.17. The van der Waals surface area contributed by atoms with Gasteiger partial charge in [-0.25, -0.2) is 5.43 Å². The zero-order chi connectivity index (χ0) is 20.2. The molecule has 4 rings (SSSR count). The Bertz CT molecular complexity index is 1200. The highest BCUT2D eigenvalue weighted by Gasteiger charge is 2.07. The van der Waals surface area contributed by atoms with Crippen LogP contribution in [0.4, 0.5) is 0 Å². The fourth-order valence-corrected chi connectivity index (χ4v) is 3.28. The lowest BCUT2D eigenvalue weighted by molar-refractivity contribution is 0.0955. The van der Waals surface area contributed by atoms with Gasteiger partial charge < -0.3 is 9.67 Å². The molecule has 0 aliphatic rings. The van der Waals surface area contributed by atoms with Crippen molar-refractivity contribution in [3.05, 3.63) is 101 Å². The molecule has 0 saturated heterocycles. The molecule has 0 aliphatic heterocycles. The van der Waals surface area contributed by atoms with Crippen molar-refractivity contribution in [2.24, 2.45) is 5.10 Å². The number of carbonyl (C=O) groups excluding carboxylic acids is 1. The Labute approximate surface area is 172 Å². The molecule has 0 unspecified atom stereocenters. The number of phenols is 1. The Kier molecular flexibility index (Phi) is 5.31. The molecule has 144 valence electrons. The number of nitrogens with one attached hydrogen (secondary N) is 1.